The van der Waals surface area contributed by atoms with Crippen molar-refractivity contribution in [3.8, 4) is 5.75 Å². The second kappa shape index (κ2) is 22.5. The third-order valence-electron chi connectivity index (χ3n) is 11.3. The number of likely N-dealkylation sites (N-methyl/N-ethyl adjacent to an activating group) is 1. The van der Waals surface area contributed by atoms with E-state index in [9.17, 15) is 29.1 Å². The van der Waals surface area contributed by atoms with Crippen molar-refractivity contribution in [1.82, 2.24) is 25.4 Å². The van der Waals surface area contributed by atoms with E-state index in [-0.39, 0.29) is 54.8 Å². The zero-order chi connectivity index (χ0) is 43.2. The summed E-state index contributed by atoms with van der Waals surface area (Å²) in [5, 5.41) is 17.8. The third-order valence-corrected chi connectivity index (χ3v) is 12.3. The van der Waals surface area contributed by atoms with E-state index in [4.69, 9.17) is 9.47 Å². The highest BCUT2D eigenvalue weighted by Crippen LogP contribution is 2.33. The molecule has 0 spiro atoms. The number of thiazole rings is 1. The molecule has 1 aliphatic heterocycles. The van der Waals surface area contributed by atoms with E-state index in [1.54, 1.807) is 19.4 Å². The average molecular weight is 834 g/mol. The molecule has 2 heterocycles. The van der Waals surface area contributed by atoms with Crippen molar-refractivity contribution in [2.75, 3.05) is 20.7 Å². The highest BCUT2D eigenvalue weighted by atomic mass is 32.1. The number of nitrogens with one attached hydrogen (secondary N) is 2. The Morgan fingerprint density at radius 1 is 0.966 bits per heavy atom. The van der Waals surface area contributed by atoms with Crippen LogP contribution in [0.2, 0.25) is 0 Å². The number of amides is 3. The minimum Gasteiger partial charge on any atom is -0.497 e. The smallest absolute Gasteiger partial charge is 0.306 e. The third kappa shape index (κ3) is 13.6. The van der Waals surface area contributed by atoms with Gasteiger partial charge in [-0.25, -0.2) is 4.98 Å². The SMILES string of the molecule is CC[C@H](C)[C@H](NC(=O)[C@H]1CCCCN1C)C(=O)N(Cc1ccccc1)[C@H](C[C@@H](OC(C)=O)c1nc(C(=O)N[C@@H](Cc2ccc(OC)cc2)C[C@H](C)C(=O)O)cs1)C(C)C. The number of esters is 1. The van der Waals surface area contributed by atoms with Crippen LogP contribution >= 0.6 is 11.3 Å². The number of hydrogen-bond donors (Lipinski definition) is 3. The second-order valence-electron chi connectivity index (χ2n) is 16.2. The van der Waals surface area contributed by atoms with Crippen LogP contribution in [0.5, 0.6) is 5.75 Å². The number of methoxy groups -OCH3 is 1. The number of hydrogen-bond acceptors (Lipinski definition) is 10. The fourth-order valence-corrected chi connectivity index (χ4v) is 8.44. The van der Waals surface area contributed by atoms with E-state index in [1.165, 1.54) is 18.3 Å². The van der Waals surface area contributed by atoms with Crippen molar-refractivity contribution in [3.05, 3.63) is 81.8 Å². The highest BCUT2D eigenvalue weighted by Gasteiger charge is 2.39. The average Bonchev–Trinajstić information content (AvgIpc) is 3.71. The summed E-state index contributed by atoms with van der Waals surface area (Å²) in [6, 6.07) is 15.0. The van der Waals surface area contributed by atoms with E-state index in [2.05, 4.69) is 20.5 Å². The Kier molecular flexibility index (Phi) is 17.9. The van der Waals surface area contributed by atoms with Crippen LogP contribution in [0.3, 0.4) is 0 Å². The van der Waals surface area contributed by atoms with Crippen LogP contribution in [0, 0.1) is 17.8 Å². The number of rotatable bonds is 21. The largest absolute Gasteiger partial charge is 0.497 e. The summed E-state index contributed by atoms with van der Waals surface area (Å²) >= 11 is 1.18. The van der Waals surface area contributed by atoms with E-state index in [0.717, 1.165) is 36.9 Å². The first kappa shape index (κ1) is 46.9. The molecule has 3 amide bonds. The molecule has 13 nitrogen and oxygen atoms in total. The summed E-state index contributed by atoms with van der Waals surface area (Å²) in [6.45, 7) is 12.0. The number of piperidine rings is 1. The van der Waals surface area contributed by atoms with Gasteiger partial charge in [-0.3, -0.25) is 28.9 Å². The van der Waals surface area contributed by atoms with Gasteiger partial charge in [0, 0.05) is 37.4 Å². The molecule has 0 bridgehead atoms. The van der Waals surface area contributed by atoms with Crippen LogP contribution in [0.1, 0.15) is 113 Å². The van der Waals surface area contributed by atoms with Gasteiger partial charge in [0.1, 0.15) is 22.5 Å². The predicted octanol–water partition coefficient (Wildman–Crippen LogP) is 6.67. The number of carboxylic acid groups (broad SMARTS) is 1. The van der Waals surface area contributed by atoms with Gasteiger partial charge in [0.2, 0.25) is 11.8 Å². The number of aliphatic carboxylic acids is 1. The van der Waals surface area contributed by atoms with Gasteiger partial charge in [-0.05, 0) is 74.4 Å². The summed E-state index contributed by atoms with van der Waals surface area (Å²) < 4.78 is 11.2. The first-order chi connectivity index (χ1) is 28.1. The summed E-state index contributed by atoms with van der Waals surface area (Å²) in [7, 11) is 3.52. The molecule has 0 unspecified atom stereocenters. The van der Waals surface area contributed by atoms with Gasteiger partial charge >= 0.3 is 11.9 Å². The molecule has 3 aromatic rings. The van der Waals surface area contributed by atoms with Crippen molar-refractivity contribution in [2.45, 2.75) is 123 Å². The number of carbonyl (C=O) groups excluding carboxylic acids is 4. The van der Waals surface area contributed by atoms with Crippen molar-refractivity contribution in [2.24, 2.45) is 17.8 Å². The second-order valence-corrected chi connectivity index (χ2v) is 17.1. The Bertz CT molecular complexity index is 1840. The molecule has 0 saturated carbocycles. The summed E-state index contributed by atoms with van der Waals surface area (Å²) in [4.78, 5) is 75.5. The molecule has 3 N–H and O–H groups in total. The predicted molar refractivity (Wildman–Crippen MR) is 228 cm³/mol. The van der Waals surface area contributed by atoms with Gasteiger partial charge in [-0.2, -0.15) is 0 Å². The molecule has 1 fully saturated rings. The lowest BCUT2D eigenvalue weighted by Gasteiger charge is -2.40. The number of aromatic nitrogens is 1. The summed E-state index contributed by atoms with van der Waals surface area (Å²) in [6.07, 6.45) is 3.24. The number of benzene rings is 2. The molecule has 4 rings (SSSR count). The van der Waals surface area contributed by atoms with Gasteiger partial charge < -0.3 is 30.1 Å². The Morgan fingerprint density at radius 2 is 1.66 bits per heavy atom. The maximum absolute atomic E-state index is 15.0. The van der Waals surface area contributed by atoms with Gasteiger partial charge in [0.05, 0.1) is 19.1 Å². The minimum atomic E-state index is -0.965. The van der Waals surface area contributed by atoms with Crippen LogP contribution in [0.25, 0.3) is 0 Å². The fourth-order valence-electron chi connectivity index (χ4n) is 7.60. The maximum atomic E-state index is 15.0. The molecule has 322 valence electrons. The summed E-state index contributed by atoms with van der Waals surface area (Å²) in [5.74, 6) is -2.66. The van der Waals surface area contributed by atoms with E-state index in [0.29, 0.717) is 23.6 Å². The highest BCUT2D eigenvalue weighted by molar-refractivity contribution is 7.09. The van der Waals surface area contributed by atoms with Crippen LogP contribution in [-0.4, -0.2) is 94.4 Å². The molecule has 0 aliphatic carbocycles. The molecule has 7 atom stereocenters. The van der Waals surface area contributed by atoms with Crippen LogP contribution in [0.15, 0.2) is 60.0 Å². The topological polar surface area (TPSA) is 167 Å². The zero-order valence-corrected chi connectivity index (χ0v) is 36.6. The normalized spacial score (nSPS) is 17.5. The number of carbonyl (C=O) groups is 5. The van der Waals surface area contributed by atoms with Crippen molar-refractivity contribution in [1.29, 1.82) is 0 Å². The molecule has 1 saturated heterocycles. The van der Waals surface area contributed by atoms with Gasteiger partial charge in [0.25, 0.3) is 5.91 Å². The van der Waals surface area contributed by atoms with Gasteiger partial charge in [-0.1, -0.05) is 89.9 Å². The molecule has 2 aromatic carbocycles. The molecular formula is C45H63N5O8S. The first-order valence-corrected chi connectivity index (χ1v) is 21.6. The Balaban J connectivity index is 1.64. The molecule has 59 heavy (non-hydrogen) atoms. The lowest BCUT2D eigenvalue weighted by atomic mass is 9.91. The molecule has 1 aromatic heterocycles. The fraction of sp³-hybridized carbons (Fsp3) is 0.556. The van der Waals surface area contributed by atoms with E-state index in [1.807, 2.05) is 94.2 Å². The molecular weight excluding hydrogens is 771 g/mol. The van der Waals surface area contributed by atoms with Crippen molar-refractivity contribution in [3.63, 3.8) is 0 Å². The Hall–Kier alpha value is -4.82. The van der Waals surface area contributed by atoms with Crippen molar-refractivity contribution >= 4 is 41.0 Å². The number of carboxylic acids is 1. The molecule has 0 radical (unpaired) electrons. The molecule has 1 aliphatic rings. The monoisotopic (exact) mass is 833 g/mol. The quantitative estimate of drug-likeness (QED) is 0.0988. The first-order valence-electron chi connectivity index (χ1n) is 20.8. The Labute approximate surface area is 353 Å². The number of nitrogens with zero attached hydrogens (tertiary/aromatic N) is 3. The lowest BCUT2D eigenvalue weighted by Crippen LogP contribution is -2.58. The maximum Gasteiger partial charge on any atom is 0.306 e. The van der Waals surface area contributed by atoms with Crippen LogP contribution in [-0.2, 0) is 36.9 Å². The van der Waals surface area contributed by atoms with E-state index >= 15 is 0 Å². The van der Waals surface area contributed by atoms with Crippen LogP contribution < -0.4 is 15.4 Å². The van der Waals surface area contributed by atoms with Gasteiger partial charge in [-0.15, -0.1) is 11.3 Å². The van der Waals surface area contributed by atoms with E-state index < -0.39 is 48.0 Å². The molecule has 14 heteroatoms. The Morgan fingerprint density at radius 3 is 2.25 bits per heavy atom. The summed E-state index contributed by atoms with van der Waals surface area (Å²) in [5.41, 5.74) is 1.91. The standard InChI is InChI=1S/C45H63N5O8S/c1-9-29(4)40(48-42(53)37-17-13-14-22-49(37)7)44(54)50(26-33-15-11-10-12-16-33)38(28(2)3)25-39(58-31(6)51)43-47-36(27-59-43)41(52)46-34(23-30(5)45(55)56)24-32-18-20-35(57-8)21-19-32/h10-12,15-16,18-21,27-30,34,37-40H,9,13-14,17,22-26H2,1-8H3,(H,46,52)(H,48,53)(H,55,56)/t29-,30-,34+,37+,38+,39+,40-/m0/s1. The zero-order valence-electron chi connectivity index (χ0n) is 35.8. The number of likely N-dealkylation sites (tertiary alicyclic amines) is 1. The minimum absolute atomic E-state index is 0.107. The van der Waals surface area contributed by atoms with Crippen LogP contribution in [0.4, 0.5) is 0 Å². The van der Waals surface area contributed by atoms with Crippen molar-refractivity contribution < 1.29 is 38.6 Å². The lowest BCUT2D eigenvalue weighted by molar-refractivity contribution is -0.150. The number of ether oxygens (including phenoxy) is 2. The van der Waals surface area contributed by atoms with Gasteiger partial charge in [0.15, 0.2) is 6.10 Å².